The minimum Gasteiger partial charge on any atom is -0.465 e. The molecule has 2 aliphatic carbocycles. The van der Waals surface area contributed by atoms with E-state index in [4.69, 9.17) is 18.9 Å². The normalized spacial score (nSPS) is 36.4. The van der Waals surface area contributed by atoms with Crippen LogP contribution in [0.3, 0.4) is 0 Å². The van der Waals surface area contributed by atoms with Crippen molar-refractivity contribution in [3.63, 3.8) is 0 Å². The van der Waals surface area contributed by atoms with Gasteiger partial charge in [-0.15, -0.1) is 0 Å². The Morgan fingerprint density at radius 3 is 2.38 bits per heavy atom. The summed E-state index contributed by atoms with van der Waals surface area (Å²) >= 11 is 0. The quantitative estimate of drug-likeness (QED) is 0.247. The highest BCUT2D eigenvalue weighted by Crippen LogP contribution is 2.62. The minimum absolute atomic E-state index is 0.0280. The summed E-state index contributed by atoms with van der Waals surface area (Å²) in [4.78, 5) is 47.2. The van der Waals surface area contributed by atoms with E-state index < -0.39 is 23.5 Å². The largest absolute Gasteiger partial charge is 0.465 e. The van der Waals surface area contributed by atoms with E-state index in [1.54, 1.807) is 0 Å². The maximum absolute atomic E-state index is 12.3. The lowest BCUT2D eigenvalue weighted by Gasteiger charge is -2.60. The van der Waals surface area contributed by atoms with E-state index in [1.165, 1.54) is 20.8 Å². The van der Waals surface area contributed by atoms with Gasteiger partial charge in [-0.25, -0.2) is 4.79 Å². The average molecular weight is 477 g/mol. The second-order valence-corrected chi connectivity index (χ2v) is 10.3. The first-order valence-electron chi connectivity index (χ1n) is 11.9. The summed E-state index contributed by atoms with van der Waals surface area (Å²) in [7, 11) is 0. The van der Waals surface area contributed by atoms with E-state index in [0.29, 0.717) is 18.4 Å². The third kappa shape index (κ3) is 5.05. The van der Waals surface area contributed by atoms with Gasteiger partial charge >= 0.3 is 23.9 Å². The van der Waals surface area contributed by atoms with Crippen molar-refractivity contribution in [1.82, 2.24) is 0 Å². The molecule has 0 radical (unpaired) electrons. The summed E-state index contributed by atoms with van der Waals surface area (Å²) in [5.41, 5.74) is 0.706. The number of cyclic esters (lactones) is 1. The fourth-order valence-corrected chi connectivity index (χ4v) is 6.46. The predicted molar refractivity (Wildman–Crippen MR) is 122 cm³/mol. The Hall–Kier alpha value is -2.64. The monoisotopic (exact) mass is 476 g/mol. The lowest BCUT2D eigenvalue weighted by Crippen LogP contribution is -2.58. The fourth-order valence-electron chi connectivity index (χ4n) is 6.46. The van der Waals surface area contributed by atoms with Gasteiger partial charge in [0, 0.05) is 26.2 Å². The molecule has 1 saturated heterocycles. The molecule has 34 heavy (non-hydrogen) atoms. The SMILES string of the molecule is C=C1CCC2[C@](C)(COC(C)=O)[C@H](OC(C)=O)CC[C@@]2(C)[C@@H]1C/C=C1\C(=O)OCC1OC(C)=O. The Morgan fingerprint density at radius 2 is 1.76 bits per heavy atom. The molecule has 0 spiro atoms. The minimum atomic E-state index is -0.695. The van der Waals surface area contributed by atoms with Crippen molar-refractivity contribution in [1.29, 1.82) is 0 Å². The van der Waals surface area contributed by atoms with Crippen LogP contribution in [0.2, 0.25) is 0 Å². The second kappa shape index (κ2) is 9.92. The van der Waals surface area contributed by atoms with Crippen LogP contribution >= 0.6 is 0 Å². The first-order valence-corrected chi connectivity index (χ1v) is 11.9. The van der Waals surface area contributed by atoms with Crippen LogP contribution in [-0.4, -0.2) is 49.3 Å². The van der Waals surface area contributed by atoms with Crippen molar-refractivity contribution < 1.29 is 38.1 Å². The van der Waals surface area contributed by atoms with Crippen LogP contribution < -0.4 is 0 Å². The molecule has 3 rings (SSSR count). The summed E-state index contributed by atoms with van der Waals surface area (Å²) in [6, 6.07) is 0. The lowest BCUT2D eigenvalue weighted by atomic mass is 9.46. The molecule has 0 amide bonds. The first kappa shape index (κ1) is 26.0. The molecule has 3 aliphatic rings. The van der Waals surface area contributed by atoms with E-state index in [-0.39, 0.29) is 48.5 Å². The van der Waals surface area contributed by atoms with Gasteiger partial charge in [0.05, 0.1) is 5.57 Å². The molecule has 8 heteroatoms. The van der Waals surface area contributed by atoms with Crippen LogP contribution in [0.5, 0.6) is 0 Å². The summed E-state index contributed by atoms with van der Waals surface area (Å²) < 4.78 is 21.6. The molecule has 6 atom stereocenters. The van der Waals surface area contributed by atoms with Crippen LogP contribution in [-0.2, 0) is 38.1 Å². The number of hydrogen-bond acceptors (Lipinski definition) is 8. The van der Waals surface area contributed by atoms with Gasteiger partial charge in [-0.3, -0.25) is 14.4 Å². The first-order chi connectivity index (χ1) is 15.9. The Balaban J connectivity index is 1.91. The van der Waals surface area contributed by atoms with Crippen LogP contribution in [0.15, 0.2) is 23.8 Å². The third-order valence-electron chi connectivity index (χ3n) is 8.04. The van der Waals surface area contributed by atoms with Crippen molar-refractivity contribution in [2.45, 2.75) is 78.9 Å². The van der Waals surface area contributed by atoms with Gasteiger partial charge in [0.15, 0.2) is 6.10 Å². The van der Waals surface area contributed by atoms with Gasteiger partial charge in [0.25, 0.3) is 0 Å². The van der Waals surface area contributed by atoms with Crippen molar-refractivity contribution in [3.8, 4) is 0 Å². The van der Waals surface area contributed by atoms with Crippen molar-refractivity contribution >= 4 is 23.9 Å². The fraction of sp³-hybridized carbons (Fsp3) is 0.692. The zero-order chi connectivity index (χ0) is 25.3. The van der Waals surface area contributed by atoms with Crippen LogP contribution in [0.25, 0.3) is 0 Å². The smallest absolute Gasteiger partial charge is 0.337 e. The molecule has 0 N–H and O–H groups in total. The Morgan fingerprint density at radius 1 is 1.09 bits per heavy atom. The molecule has 0 bridgehead atoms. The number of carbonyl (C=O) groups is 4. The number of allylic oxidation sites excluding steroid dienone is 2. The lowest BCUT2D eigenvalue weighted by molar-refractivity contribution is -0.191. The van der Waals surface area contributed by atoms with E-state index in [1.807, 2.05) is 13.0 Å². The highest BCUT2D eigenvalue weighted by Gasteiger charge is 2.59. The summed E-state index contributed by atoms with van der Waals surface area (Å²) in [6.45, 7) is 12.9. The number of carbonyl (C=O) groups excluding carboxylic acids is 4. The zero-order valence-electron chi connectivity index (χ0n) is 20.8. The summed E-state index contributed by atoms with van der Waals surface area (Å²) in [5.74, 6) is -1.49. The van der Waals surface area contributed by atoms with Crippen LogP contribution in [0, 0.1) is 22.7 Å². The van der Waals surface area contributed by atoms with Crippen molar-refractivity contribution in [2.24, 2.45) is 22.7 Å². The van der Waals surface area contributed by atoms with Crippen LogP contribution in [0.4, 0.5) is 0 Å². The number of fused-ring (bicyclic) bond motifs is 1. The number of hydrogen-bond donors (Lipinski definition) is 0. The van der Waals surface area contributed by atoms with Gasteiger partial charge in [-0.2, -0.15) is 0 Å². The molecule has 0 aromatic carbocycles. The maximum atomic E-state index is 12.3. The number of esters is 4. The number of rotatable bonds is 6. The third-order valence-corrected chi connectivity index (χ3v) is 8.04. The van der Waals surface area contributed by atoms with Crippen molar-refractivity contribution in [2.75, 3.05) is 13.2 Å². The van der Waals surface area contributed by atoms with Gasteiger partial charge < -0.3 is 18.9 Å². The Kier molecular flexibility index (Phi) is 7.58. The van der Waals surface area contributed by atoms with Gasteiger partial charge in [-0.05, 0) is 49.4 Å². The van der Waals surface area contributed by atoms with Crippen molar-refractivity contribution in [3.05, 3.63) is 23.8 Å². The number of ether oxygens (including phenoxy) is 4. The molecule has 8 nitrogen and oxygen atoms in total. The van der Waals surface area contributed by atoms with Crippen LogP contribution in [0.1, 0.15) is 66.7 Å². The second-order valence-electron chi connectivity index (χ2n) is 10.3. The van der Waals surface area contributed by atoms with Gasteiger partial charge in [0.1, 0.15) is 19.3 Å². The molecular weight excluding hydrogens is 440 g/mol. The predicted octanol–water partition coefficient (Wildman–Crippen LogP) is 3.68. The molecule has 1 aliphatic heterocycles. The van der Waals surface area contributed by atoms with Gasteiger partial charge in [-0.1, -0.05) is 32.1 Å². The molecule has 2 unspecified atom stereocenters. The van der Waals surface area contributed by atoms with E-state index in [0.717, 1.165) is 24.8 Å². The molecule has 3 fully saturated rings. The van der Waals surface area contributed by atoms with E-state index in [9.17, 15) is 19.2 Å². The topological polar surface area (TPSA) is 105 Å². The highest BCUT2D eigenvalue weighted by molar-refractivity contribution is 5.92. The molecule has 2 saturated carbocycles. The standard InChI is InChI=1S/C26H36O8/c1-15-7-10-22-25(5,12-11-23(34-18(4)29)26(22,6)14-32-16(2)27)20(15)9-8-19-21(33-17(3)28)13-31-24(19)30/h8,20-23H,1,7,9-14H2,2-6H3/b19-8-/t20-,21?,22?,23-,25+,26+/m1/s1. The molecule has 0 aromatic rings. The molecule has 1 heterocycles. The Bertz CT molecular complexity index is 904. The average Bonchev–Trinajstić information content (AvgIpc) is 3.07. The highest BCUT2D eigenvalue weighted by atomic mass is 16.6. The van der Waals surface area contributed by atoms with E-state index in [2.05, 4.69) is 13.5 Å². The molecular formula is C26H36O8. The molecule has 188 valence electrons. The molecule has 0 aromatic heterocycles. The Labute approximate surface area is 201 Å². The van der Waals surface area contributed by atoms with Gasteiger partial charge in [0.2, 0.25) is 0 Å². The maximum Gasteiger partial charge on any atom is 0.337 e. The summed E-state index contributed by atoms with van der Waals surface area (Å²) in [5, 5.41) is 0. The van der Waals surface area contributed by atoms with E-state index >= 15 is 0 Å². The zero-order valence-corrected chi connectivity index (χ0v) is 20.8. The summed E-state index contributed by atoms with van der Waals surface area (Å²) in [6.07, 6.45) is 4.40.